The largest absolute Gasteiger partial charge is 0.480 e. The molecular weight excluding hydrogens is 272 g/mol. The smallest absolute Gasteiger partial charge is 0.320 e. The Morgan fingerprint density at radius 1 is 1.24 bits per heavy atom. The van der Waals surface area contributed by atoms with Gasteiger partial charge in [0.15, 0.2) is 0 Å². The van der Waals surface area contributed by atoms with Crippen molar-refractivity contribution in [3.63, 3.8) is 0 Å². The van der Waals surface area contributed by atoms with Crippen LogP contribution in [0.25, 0.3) is 0 Å². The standard InChI is InChI=1S/C14H22N4O3/c1-10(2)21-13-8-12(15-9-16-13)18-6-4-17(5-7-18)11(3)14(19)20/h8-11H,4-7H2,1-3H3,(H,19,20). The fraction of sp³-hybridized carbons (Fsp3) is 0.643. The Morgan fingerprint density at radius 3 is 2.48 bits per heavy atom. The highest BCUT2D eigenvalue weighted by atomic mass is 16.5. The maximum Gasteiger partial charge on any atom is 0.320 e. The summed E-state index contributed by atoms with van der Waals surface area (Å²) in [6.07, 6.45) is 1.57. The Labute approximate surface area is 124 Å². The summed E-state index contributed by atoms with van der Waals surface area (Å²) >= 11 is 0. The molecule has 1 unspecified atom stereocenters. The second kappa shape index (κ2) is 6.71. The van der Waals surface area contributed by atoms with Gasteiger partial charge in [0, 0.05) is 32.2 Å². The second-order valence-electron chi connectivity index (χ2n) is 5.42. The molecule has 0 saturated carbocycles. The number of nitrogens with zero attached hydrogens (tertiary/aromatic N) is 4. The van der Waals surface area contributed by atoms with Gasteiger partial charge < -0.3 is 14.7 Å². The Balaban J connectivity index is 1.97. The molecule has 0 aliphatic carbocycles. The van der Waals surface area contributed by atoms with Gasteiger partial charge in [-0.05, 0) is 20.8 Å². The fourth-order valence-corrected chi connectivity index (χ4v) is 2.30. The van der Waals surface area contributed by atoms with Crippen molar-refractivity contribution in [2.45, 2.75) is 32.9 Å². The summed E-state index contributed by atoms with van der Waals surface area (Å²) in [4.78, 5) is 23.5. The van der Waals surface area contributed by atoms with Gasteiger partial charge in [-0.15, -0.1) is 0 Å². The third-order valence-corrected chi connectivity index (χ3v) is 3.53. The number of carboxylic acid groups (broad SMARTS) is 1. The number of piperazine rings is 1. The summed E-state index contributed by atoms with van der Waals surface area (Å²) in [6, 6.07) is 1.38. The van der Waals surface area contributed by atoms with Crippen LogP contribution in [0.2, 0.25) is 0 Å². The SMILES string of the molecule is CC(C)Oc1cc(N2CCN(C(C)C(=O)O)CC2)ncn1. The molecule has 0 radical (unpaired) electrons. The maximum atomic E-state index is 11.0. The highest BCUT2D eigenvalue weighted by Gasteiger charge is 2.25. The van der Waals surface area contributed by atoms with Crippen LogP contribution in [0.15, 0.2) is 12.4 Å². The summed E-state index contributed by atoms with van der Waals surface area (Å²) in [5.74, 6) is 0.609. The van der Waals surface area contributed by atoms with Gasteiger partial charge in [-0.1, -0.05) is 0 Å². The van der Waals surface area contributed by atoms with Crippen LogP contribution in [0, 0.1) is 0 Å². The van der Waals surface area contributed by atoms with Crippen molar-refractivity contribution in [3.05, 3.63) is 12.4 Å². The van der Waals surface area contributed by atoms with Crippen molar-refractivity contribution in [1.29, 1.82) is 0 Å². The highest BCUT2D eigenvalue weighted by molar-refractivity contribution is 5.72. The minimum Gasteiger partial charge on any atom is -0.480 e. The molecular formula is C14H22N4O3. The van der Waals surface area contributed by atoms with Crippen molar-refractivity contribution in [2.24, 2.45) is 0 Å². The van der Waals surface area contributed by atoms with Crippen molar-refractivity contribution < 1.29 is 14.6 Å². The first kappa shape index (κ1) is 15.5. The number of anilines is 1. The van der Waals surface area contributed by atoms with Gasteiger partial charge in [-0.3, -0.25) is 9.69 Å². The monoisotopic (exact) mass is 294 g/mol. The van der Waals surface area contributed by atoms with Crippen LogP contribution in [0.5, 0.6) is 5.88 Å². The number of carbonyl (C=O) groups is 1. The lowest BCUT2D eigenvalue weighted by molar-refractivity contribution is -0.142. The third kappa shape index (κ3) is 4.04. The van der Waals surface area contributed by atoms with Crippen molar-refractivity contribution >= 4 is 11.8 Å². The molecule has 1 atom stereocenters. The van der Waals surface area contributed by atoms with Gasteiger partial charge in [0.1, 0.15) is 18.2 Å². The zero-order valence-corrected chi connectivity index (χ0v) is 12.7. The molecule has 0 amide bonds. The van der Waals surface area contributed by atoms with E-state index in [0.717, 1.165) is 18.9 Å². The van der Waals surface area contributed by atoms with Crippen LogP contribution in [0.4, 0.5) is 5.82 Å². The summed E-state index contributed by atoms with van der Waals surface area (Å²) in [7, 11) is 0. The Kier molecular flexibility index (Phi) is 4.95. The van der Waals surface area contributed by atoms with Gasteiger partial charge in [-0.25, -0.2) is 9.97 Å². The van der Waals surface area contributed by atoms with E-state index in [1.165, 1.54) is 6.33 Å². The van der Waals surface area contributed by atoms with Crippen LogP contribution < -0.4 is 9.64 Å². The first-order valence-corrected chi connectivity index (χ1v) is 7.18. The third-order valence-electron chi connectivity index (χ3n) is 3.53. The predicted octanol–water partition coefficient (Wildman–Crippen LogP) is 0.859. The number of aliphatic carboxylic acids is 1. The van der Waals surface area contributed by atoms with Crippen LogP contribution in [-0.2, 0) is 4.79 Å². The van der Waals surface area contributed by atoms with E-state index in [1.54, 1.807) is 6.92 Å². The van der Waals surface area contributed by atoms with E-state index in [-0.39, 0.29) is 6.10 Å². The van der Waals surface area contributed by atoms with Crippen LogP contribution in [0.3, 0.4) is 0 Å². The first-order chi connectivity index (χ1) is 9.97. The minimum atomic E-state index is -0.780. The Bertz CT molecular complexity index is 487. The van der Waals surface area contributed by atoms with Gasteiger partial charge in [0.2, 0.25) is 5.88 Å². The molecule has 1 saturated heterocycles. The first-order valence-electron chi connectivity index (χ1n) is 7.18. The molecule has 1 aromatic heterocycles. The second-order valence-corrected chi connectivity index (χ2v) is 5.42. The van der Waals surface area contributed by atoms with E-state index in [1.807, 2.05) is 24.8 Å². The molecule has 7 nitrogen and oxygen atoms in total. The fourth-order valence-electron chi connectivity index (χ4n) is 2.30. The molecule has 0 spiro atoms. The molecule has 116 valence electrons. The van der Waals surface area contributed by atoms with Crippen molar-refractivity contribution in [1.82, 2.24) is 14.9 Å². The number of carboxylic acids is 1. The molecule has 1 N–H and O–H groups in total. The highest BCUT2D eigenvalue weighted by Crippen LogP contribution is 2.19. The number of hydrogen-bond donors (Lipinski definition) is 1. The van der Waals surface area contributed by atoms with Crippen LogP contribution in [0.1, 0.15) is 20.8 Å². The summed E-state index contributed by atoms with van der Waals surface area (Å²) in [6.45, 7) is 8.53. The van der Waals surface area contributed by atoms with Gasteiger partial charge >= 0.3 is 5.97 Å². The van der Waals surface area contributed by atoms with Crippen LogP contribution in [-0.4, -0.2) is 64.3 Å². The van der Waals surface area contributed by atoms with Crippen molar-refractivity contribution in [2.75, 3.05) is 31.1 Å². The lowest BCUT2D eigenvalue weighted by Crippen LogP contribution is -2.52. The number of aromatic nitrogens is 2. The van der Waals surface area contributed by atoms with E-state index >= 15 is 0 Å². The topological polar surface area (TPSA) is 78.8 Å². The molecule has 1 aromatic rings. The Morgan fingerprint density at radius 2 is 1.90 bits per heavy atom. The molecule has 21 heavy (non-hydrogen) atoms. The minimum absolute atomic E-state index is 0.0704. The lowest BCUT2D eigenvalue weighted by Gasteiger charge is -2.37. The van der Waals surface area contributed by atoms with Crippen LogP contribution >= 0.6 is 0 Å². The number of rotatable bonds is 5. The molecule has 7 heteroatoms. The summed E-state index contributed by atoms with van der Waals surface area (Å²) < 4.78 is 5.57. The van der Waals surface area contributed by atoms with E-state index < -0.39 is 12.0 Å². The predicted molar refractivity (Wildman–Crippen MR) is 78.7 cm³/mol. The molecule has 2 rings (SSSR count). The zero-order valence-electron chi connectivity index (χ0n) is 12.7. The zero-order chi connectivity index (χ0) is 15.4. The van der Waals surface area contributed by atoms with E-state index in [9.17, 15) is 4.79 Å². The maximum absolute atomic E-state index is 11.0. The normalized spacial score (nSPS) is 17.8. The average molecular weight is 294 g/mol. The van der Waals surface area contributed by atoms with Gasteiger partial charge in [0.05, 0.1) is 6.10 Å². The lowest BCUT2D eigenvalue weighted by atomic mass is 10.2. The summed E-state index contributed by atoms with van der Waals surface area (Å²) in [5.41, 5.74) is 0. The van der Waals surface area contributed by atoms with Crippen molar-refractivity contribution in [3.8, 4) is 5.88 Å². The molecule has 0 aromatic carbocycles. The van der Waals surface area contributed by atoms with Gasteiger partial charge in [0.25, 0.3) is 0 Å². The summed E-state index contributed by atoms with van der Waals surface area (Å²) in [5, 5.41) is 9.05. The molecule has 1 aliphatic heterocycles. The Hall–Kier alpha value is -1.89. The molecule has 1 fully saturated rings. The molecule has 2 heterocycles. The quantitative estimate of drug-likeness (QED) is 0.862. The average Bonchev–Trinajstić information content (AvgIpc) is 2.46. The van der Waals surface area contributed by atoms with Gasteiger partial charge in [-0.2, -0.15) is 0 Å². The number of ether oxygens (including phenoxy) is 1. The van der Waals surface area contributed by atoms with E-state index in [4.69, 9.17) is 9.84 Å². The van der Waals surface area contributed by atoms with E-state index in [2.05, 4.69) is 14.9 Å². The molecule has 1 aliphatic rings. The molecule has 0 bridgehead atoms. The number of hydrogen-bond acceptors (Lipinski definition) is 6. The van der Waals surface area contributed by atoms with E-state index in [0.29, 0.717) is 19.0 Å².